The van der Waals surface area contributed by atoms with E-state index in [9.17, 15) is 0 Å². The maximum absolute atomic E-state index is 2.54. The van der Waals surface area contributed by atoms with Gasteiger partial charge in [0.2, 0.25) is 0 Å². The Bertz CT molecular complexity index is 3190. The topological polar surface area (TPSA) is 8.17 Å². The summed E-state index contributed by atoms with van der Waals surface area (Å²) in [6.45, 7) is 4.50. The van der Waals surface area contributed by atoms with Crippen molar-refractivity contribution in [1.29, 1.82) is 0 Å². The number of hydrogen-bond donors (Lipinski definition) is 0. The van der Waals surface area contributed by atoms with Crippen LogP contribution in [0.5, 0.6) is 0 Å². The summed E-state index contributed by atoms with van der Waals surface area (Å²) in [6, 6.07) is 60.9. The van der Waals surface area contributed by atoms with Gasteiger partial charge in [0.15, 0.2) is 0 Å². The number of aromatic nitrogens is 1. The van der Waals surface area contributed by atoms with Crippen LogP contribution in [0.1, 0.15) is 42.5 Å². The zero-order valence-electron chi connectivity index (χ0n) is 33.4. The van der Waals surface area contributed by atoms with Crippen molar-refractivity contribution in [3.8, 4) is 39.1 Å². The Kier molecular flexibility index (Phi) is 8.52. The maximum Gasteiger partial charge on any atom is 0.0558 e. The van der Waals surface area contributed by atoms with Crippen LogP contribution in [-0.2, 0) is 0 Å². The fourth-order valence-corrected chi connectivity index (χ4v) is 9.90. The molecule has 11 rings (SSSR count). The zero-order chi connectivity index (χ0) is 39.5. The van der Waals surface area contributed by atoms with Gasteiger partial charge in [0.05, 0.1) is 16.9 Å². The van der Waals surface area contributed by atoms with Gasteiger partial charge in [0.25, 0.3) is 0 Å². The van der Waals surface area contributed by atoms with Gasteiger partial charge in [0, 0.05) is 50.6 Å². The van der Waals surface area contributed by atoms with Crippen molar-refractivity contribution >= 4 is 55.6 Å². The van der Waals surface area contributed by atoms with Crippen LogP contribution in [0.3, 0.4) is 0 Å². The fraction of sp³-hybridized carbons (Fsp3) is 0.0877. The Morgan fingerprint density at radius 1 is 0.627 bits per heavy atom. The van der Waals surface area contributed by atoms with Crippen molar-refractivity contribution in [2.75, 3.05) is 4.90 Å². The highest BCUT2D eigenvalue weighted by atomic mass is 15.2. The molecule has 1 unspecified atom stereocenters. The lowest BCUT2D eigenvalue weighted by atomic mass is 9.91. The molecule has 0 spiro atoms. The number of nitrogens with zero attached hydrogens (tertiary/aromatic N) is 2. The molecule has 9 aromatic rings. The smallest absolute Gasteiger partial charge is 0.0558 e. The van der Waals surface area contributed by atoms with Gasteiger partial charge in [-0.05, 0) is 100.0 Å². The molecule has 0 saturated heterocycles. The number of anilines is 3. The summed E-state index contributed by atoms with van der Waals surface area (Å²) in [6.07, 6.45) is 15.6. The molecule has 2 aliphatic carbocycles. The third-order valence-corrected chi connectivity index (χ3v) is 12.5. The van der Waals surface area contributed by atoms with E-state index in [1.165, 1.54) is 94.0 Å². The first-order valence-corrected chi connectivity index (χ1v) is 21.0. The summed E-state index contributed by atoms with van der Waals surface area (Å²) in [4.78, 5) is 2.54. The van der Waals surface area contributed by atoms with Crippen LogP contribution in [0.4, 0.5) is 17.1 Å². The van der Waals surface area contributed by atoms with Crippen molar-refractivity contribution < 1.29 is 0 Å². The number of fused-ring (bicyclic) bond motifs is 6. The minimum atomic E-state index is 0.311. The minimum Gasteiger partial charge on any atom is -0.313 e. The minimum absolute atomic E-state index is 0.311. The van der Waals surface area contributed by atoms with Crippen LogP contribution >= 0.6 is 0 Å². The first-order chi connectivity index (χ1) is 29.2. The van der Waals surface area contributed by atoms with Gasteiger partial charge in [-0.2, -0.15) is 0 Å². The molecule has 2 aliphatic rings. The first-order valence-electron chi connectivity index (χ1n) is 21.0. The van der Waals surface area contributed by atoms with Gasteiger partial charge in [-0.15, -0.1) is 0 Å². The highest BCUT2D eigenvalue weighted by molar-refractivity contribution is 6.26. The van der Waals surface area contributed by atoms with Gasteiger partial charge in [-0.1, -0.05) is 171 Å². The molecule has 8 aromatic carbocycles. The summed E-state index contributed by atoms with van der Waals surface area (Å²) in [7, 11) is 0. The van der Waals surface area contributed by atoms with E-state index in [0.717, 1.165) is 24.2 Å². The molecule has 59 heavy (non-hydrogen) atoms. The van der Waals surface area contributed by atoms with E-state index in [4.69, 9.17) is 0 Å². The predicted octanol–water partition coefficient (Wildman–Crippen LogP) is 16.1. The number of hydrogen-bond acceptors (Lipinski definition) is 1. The molecule has 0 saturated carbocycles. The third-order valence-electron chi connectivity index (χ3n) is 12.5. The molecule has 0 amide bonds. The Morgan fingerprint density at radius 2 is 1.37 bits per heavy atom. The zero-order valence-corrected chi connectivity index (χ0v) is 33.4. The highest BCUT2D eigenvalue weighted by Gasteiger charge is 2.30. The van der Waals surface area contributed by atoms with E-state index >= 15 is 0 Å². The second-order valence-corrected chi connectivity index (χ2v) is 15.9. The van der Waals surface area contributed by atoms with Gasteiger partial charge in [-0.25, -0.2) is 0 Å². The number of rotatable bonds is 8. The Balaban J connectivity index is 1.22. The van der Waals surface area contributed by atoms with Gasteiger partial charge >= 0.3 is 0 Å². The lowest BCUT2D eigenvalue weighted by molar-refractivity contribution is 0.837. The predicted molar refractivity (Wildman–Crippen MR) is 253 cm³/mol. The normalized spacial score (nSPS) is 14.2. The summed E-state index contributed by atoms with van der Waals surface area (Å²) in [5.41, 5.74) is 17.3. The Morgan fingerprint density at radius 3 is 2.25 bits per heavy atom. The Labute approximate surface area is 346 Å². The third kappa shape index (κ3) is 5.62. The summed E-state index contributed by atoms with van der Waals surface area (Å²) in [5, 5.41) is 6.41. The lowest BCUT2D eigenvalue weighted by Gasteiger charge is -2.30. The average molecular weight is 757 g/mol. The molecule has 282 valence electrons. The quantitative estimate of drug-likeness (QED) is 0.140. The molecular weight excluding hydrogens is 713 g/mol. The fourth-order valence-electron chi connectivity index (χ4n) is 9.90. The van der Waals surface area contributed by atoms with E-state index in [1.807, 2.05) is 0 Å². The second kappa shape index (κ2) is 14.3. The molecule has 0 fully saturated rings. The first kappa shape index (κ1) is 35.0. The largest absolute Gasteiger partial charge is 0.313 e. The SMILES string of the molecule is CC/C=C\c1c(C)n(-c2ccccc2C2C=CC=CC2)c2cc(N(c3ccccc3-c3ccccc3)c3cccc4c3-c3c5ccccc5cc5cccc-4c35)ccc12. The summed E-state index contributed by atoms with van der Waals surface area (Å²) < 4.78 is 2.52. The number of benzene rings is 8. The second-order valence-electron chi connectivity index (χ2n) is 15.9. The molecule has 0 aliphatic heterocycles. The highest BCUT2D eigenvalue weighted by Crippen LogP contribution is 2.56. The monoisotopic (exact) mass is 756 g/mol. The molecule has 2 heteroatoms. The van der Waals surface area contributed by atoms with Crippen LogP contribution in [0, 0.1) is 6.92 Å². The van der Waals surface area contributed by atoms with Crippen LogP contribution in [-0.4, -0.2) is 4.57 Å². The lowest BCUT2D eigenvalue weighted by Crippen LogP contribution is -2.13. The molecule has 0 N–H and O–H groups in total. The van der Waals surface area contributed by atoms with Crippen LogP contribution < -0.4 is 4.90 Å². The van der Waals surface area contributed by atoms with Gasteiger partial charge in [-0.3, -0.25) is 0 Å². The summed E-state index contributed by atoms with van der Waals surface area (Å²) in [5.74, 6) is 0.311. The Hall–Kier alpha value is -7.16. The van der Waals surface area contributed by atoms with Crippen molar-refractivity contribution in [1.82, 2.24) is 4.57 Å². The van der Waals surface area contributed by atoms with Crippen molar-refractivity contribution in [3.63, 3.8) is 0 Å². The molecule has 0 bridgehead atoms. The average Bonchev–Trinajstić information content (AvgIpc) is 3.78. The van der Waals surface area contributed by atoms with Crippen molar-refractivity contribution in [3.05, 3.63) is 211 Å². The molecular formula is C57H44N2. The molecule has 0 radical (unpaired) electrons. The standard InChI is InChI=1S/C57H44N2/c1-3-4-25-44-38(2)58(51-31-15-13-26-45(51)39-19-7-5-8-20-39)54-37-43(34-35-48(44)54)59(52-32-16-14-27-46(52)40-21-9-6-10-22-40)53-33-18-30-50-49-29-17-24-42-36-41-23-11-12-28-47(41)57(55(42)49)56(50)53/h4-19,21-37,39H,3,20H2,1-2H3/b25-4-. The van der Waals surface area contributed by atoms with E-state index in [0.29, 0.717) is 5.92 Å². The molecule has 1 aromatic heterocycles. The maximum atomic E-state index is 2.54. The van der Waals surface area contributed by atoms with Crippen molar-refractivity contribution in [2.24, 2.45) is 0 Å². The van der Waals surface area contributed by atoms with Gasteiger partial charge < -0.3 is 9.47 Å². The number of para-hydroxylation sites is 2. The van der Waals surface area contributed by atoms with E-state index < -0.39 is 0 Å². The van der Waals surface area contributed by atoms with E-state index in [-0.39, 0.29) is 0 Å². The number of allylic oxidation sites excluding steroid dienone is 5. The van der Waals surface area contributed by atoms with E-state index in [1.54, 1.807) is 0 Å². The van der Waals surface area contributed by atoms with Crippen LogP contribution in [0.25, 0.3) is 77.6 Å². The summed E-state index contributed by atoms with van der Waals surface area (Å²) >= 11 is 0. The molecule has 1 heterocycles. The van der Waals surface area contributed by atoms with Crippen LogP contribution in [0.15, 0.2) is 194 Å². The molecule has 2 nitrogen and oxygen atoms in total. The molecule has 1 atom stereocenters. The van der Waals surface area contributed by atoms with Gasteiger partial charge in [0.1, 0.15) is 0 Å². The van der Waals surface area contributed by atoms with Crippen molar-refractivity contribution in [2.45, 2.75) is 32.6 Å². The van der Waals surface area contributed by atoms with Crippen LogP contribution in [0.2, 0.25) is 0 Å². The van der Waals surface area contributed by atoms with E-state index in [2.05, 4.69) is 224 Å².